The second kappa shape index (κ2) is 10.7. The van der Waals surface area contributed by atoms with Gasteiger partial charge in [0.05, 0.1) is 12.7 Å². The van der Waals surface area contributed by atoms with Gasteiger partial charge in [0.2, 0.25) is 0 Å². The summed E-state index contributed by atoms with van der Waals surface area (Å²) < 4.78 is 11.1. The number of amides is 1. The molecule has 1 aromatic heterocycles. The second-order valence-corrected chi connectivity index (χ2v) is 9.36. The third-order valence-electron chi connectivity index (χ3n) is 7.14. The summed E-state index contributed by atoms with van der Waals surface area (Å²) in [4.78, 5) is 24.0. The molecule has 1 amide bonds. The average molecular weight is 476 g/mol. The molecule has 2 aliphatic rings. The molecule has 2 unspecified atom stereocenters. The number of hydrogen-bond acceptors (Lipinski definition) is 7. The molecule has 0 spiro atoms. The summed E-state index contributed by atoms with van der Waals surface area (Å²) in [6.45, 7) is 4.70. The number of aromatic nitrogens is 2. The fourth-order valence-corrected chi connectivity index (χ4v) is 5.03. The largest absolute Gasteiger partial charge is 0.379 e. The van der Waals surface area contributed by atoms with E-state index in [4.69, 9.17) is 9.47 Å². The molecule has 3 heterocycles. The number of nitrogens with one attached hydrogen (secondary N) is 2. The summed E-state index contributed by atoms with van der Waals surface area (Å²) in [5.74, 6) is 0.617. The number of carbonyl (C=O) groups is 1. The molecular weight excluding hydrogens is 442 g/mol. The molecule has 2 atom stereocenters. The minimum Gasteiger partial charge on any atom is -0.379 e. The van der Waals surface area contributed by atoms with Gasteiger partial charge < -0.3 is 25.0 Å². The van der Waals surface area contributed by atoms with Gasteiger partial charge in [0.25, 0.3) is 5.91 Å². The van der Waals surface area contributed by atoms with Crippen molar-refractivity contribution in [2.45, 2.75) is 44.4 Å². The normalized spacial score (nSPS) is 21.3. The zero-order valence-corrected chi connectivity index (χ0v) is 20.4. The van der Waals surface area contributed by atoms with E-state index in [1.165, 1.54) is 11.7 Å². The number of anilines is 2. The van der Waals surface area contributed by atoms with Crippen LogP contribution in [0.15, 0.2) is 48.8 Å². The Morgan fingerprint density at radius 3 is 2.69 bits per heavy atom. The molecule has 2 aromatic carbocycles. The highest BCUT2D eigenvalue weighted by Crippen LogP contribution is 2.25. The van der Waals surface area contributed by atoms with Crippen LogP contribution in [0.2, 0.25) is 0 Å². The highest BCUT2D eigenvalue weighted by atomic mass is 16.5. The third-order valence-corrected chi connectivity index (χ3v) is 7.14. The van der Waals surface area contributed by atoms with Crippen molar-refractivity contribution in [3.63, 3.8) is 0 Å². The van der Waals surface area contributed by atoms with Crippen molar-refractivity contribution < 1.29 is 14.3 Å². The van der Waals surface area contributed by atoms with E-state index in [0.717, 1.165) is 42.5 Å². The number of ether oxygens (including phenoxy) is 2. The molecule has 35 heavy (non-hydrogen) atoms. The number of carbonyl (C=O) groups excluding carboxylic acids is 1. The molecule has 8 nitrogen and oxygen atoms in total. The van der Waals surface area contributed by atoms with Gasteiger partial charge in [0.15, 0.2) is 0 Å². The fraction of sp³-hybridized carbons (Fsp3) is 0.444. The number of likely N-dealkylation sites (tertiary alicyclic amines) is 1. The van der Waals surface area contributed by atoms with E-state index < -0.39 is 0 Å². The first-order valence-corrected chi connectivity index (χ1v) is 12.4. The van der Waals surface area contributed by atoms with Gasteiger partial charge in [-0.15, -0.1) is 0 Å². The summed E-state index contributed by atoms with van der Waals surface area (Å²) in [7, 11) is 1.74. The molecule has 0 bridgehead atoms. The Morgan fingerprint density at radius 2 is 1.89 bits per heavy atom. The lowest BCUT2D eigenvalue weighted by atomic mass is 9.99. The first-order chi connectivity index (χ1) is 17.1. The van der Waals surface area contributed by atoms with Crippen LogP contribution in [0.5, 0.6) is 0 Å². The predicted octanol–water partition coefficient (Wildman–Crippen LogP) is 3.68. The van der Waals surface area contributed by atoms with Gasteiger partial charge in [0.1, 0.15) is 17.8 Å². The molecule has 3 aromatic rings. The number of piperidine rings is 1. The number of fused-ring (bicyclic) bond motifs is 1. The first kappa shape index (κ1) is 23.7. The highest BCUT2D eigenvalue weighted by Gasteiger charge is 2.31. The lowest BCUT2D eigenvalue weighted by molar-refractivity contribution is -0.0533. The van der Waals surface area contributed by atoms with Crippen molar-refractivity contribution in [2.75, 3.05) is 38.7 Å². The summed E-state index contributed by atoms with van der Waals surface area (Å²) >= 11 is 0. The third kappa shape index (κ3) is 5.29. The van der Waals surface area contributed by atoms with Gasteiger partial charge in [-0.2, -0.15) is 0 Å². The summed E-state index contributed by atoms with van der Waals surface area (Å²) in [5.41, 5.74) is 2.15. The second-order valence-electron chi connectivity index (χ2n) is 9.36. The molecule has 2 saturated heterocycles. The summed E-state index contributed by atoms with van der Waals surface area (Å²) in [6.07, 6.45) is 4.32. The molecule has 2 fully saturated rings. The van der Waals surface area contributed by atoms with Gasteiger partial charge in [-0.1, -0.05) is 30.3 Å². The minimum absolute atomic E-state index is 0.0363. The Bertz CT molecular complexity index is 1180. The Morgan fingerprint density at radius 1 is 1.09 bits per heavy atom. The quantitative estimate of drug-likeness (QED) is 0.562. The monoisotopic (exact) mass is 475 g/mol. The molecular formula is C27H33N5O3. The van der Waals surface area contributed by atoms with Crippen molar-refractivity contribution >= 4 is 28.2 Å². The predicted molar refractivity (Wildman–Crippen MR) is 136 cm³/mol. The molecule has 5 rings (SSSR count). The van der Waals surface area contributed by atoms with Crippen LogP contribution in [0.4, 0.5) is 11.5 Å². The SMILES string of the molecule is COC1COCCC1NC1CCN(C(=O)c2ncnc(Nc3ccc4ccccc4c3)c2C)CC1. The van der Waals surface area contributed by atoms with E-state index >= 15 is 0 Å². The lowest BCUT2D eigenvalue weighted by Crippen LogP contribution is -2.54. The summed E-state index contributed by atoms with van der Waals surface area (Å²) in [5, 5.41) is 9.44. The van der Waals surface area contributed by atoms with Crippen LogP contribution in [-0.2, 0) is 9.47 Å². The van der Waals surface area contributed by atoms with Gasteiger partial charge in [-0.25, -0.2) is 9.97 Å². The van der Waals surface area contributed by atoms with Crippen LogP contribution in [0.1, 0.15) is 35.3 Å². The molecule has 184 valence electrons. The van der Waals surface area contributed by atoms with Gasteiger partial charge in [0, 0.05) is 50.1 Å². The molecule has 2 N–H and O–H groups in total. The van der Waals surface area contributed by atoms with Gasteiger partial charge >= 0.3 is 0 Å². The molecule has 2 aliphatic heterocycles. The first-order valence-electron chi connectivity index (χ1n) is 12.4. The molecule has 0 saturated carbocycles. The van der Waals surface area contributed by atoms with Crippen molar-refractivity contribution in [3.05, 3.63) is 60.0 Å². The van der Waals surface area contributed by atoms with Gasteiger partial charge in [-0.05, 0) is 49.1 Å². The van der Waals surface area contributed by atoms with Crippen molar-refractivity contribution in [2.24, 2.45) is 0 Å². The lowest BCUT2D eigenvalue weighted by Gasteiger charge is -2.38. The van der Waals surface area contributed by atoms with E-state index in [1.54, 1.807) is 7.11 Å². The summed E-state index contributed by atoms with van der Waals surface area (Å²) in [6, 6.07) is 15.1. The Labute approximate surface area is 206 Å². The fourth-order valence-electron chi connectivity index (χ4n) is 5.03. The highest BCUT2D eigenvalue weighted by molar-refractivity contribution is 5.95. The van der Waals surface area contributed by atoms with E-state index in [1.807, 2.05) is 30.0 Å². The van der Waals surface area contributed by atoms with E-state index in [2.05, 4.69) is 44.9 Å². The standard InChI is InChI=1S/C27H33N5O3/c1-18-25(28-17-29-26(18)31-22-8-7-19-5-3-4-6-20(19)15-22)27(33)32-12-9-21(10-13-32)30-23-11-14-35-16-24(23)34-2/h3-8,15,17,21,23-24,30H,9-14,16H2,1-2H3,(H,28,29,31). The minimum atomic E-state index is -0.0363. The number of nitrogens with zero attached hydrogens (tertiary/aromatic N) is 3. The van der Waals surface area contributed by atoms with E-state index in [9.17, 15) is 4.79 Å². The van der Waals surface area contributed by atoms with Crippen molar-refractivity contribution in [1.29, 1.82) is 0 Å². The molecule has 0 radical (unpaired) electrons. The van der Waals surface area contributed by atoms with E-state index in [-0.39, 0.29) is 12.0 Å². The zero-order valence-electron chi connectivity index (χ0n) is 20.4. The maximum atomic E-state index is 13.3. The van der Waals surface area contributed by atoms with Crippen LogP contribution >= 0.6 is 0 Å². The molecule has 8 heteroatoms. The van der Waals surface area contributed by atoms with Crippen LogP contribution in [-0.4, -0.2) is 72.4 Å². The Kier molecular flexibility index (Phi) is 7.22. The number of methoxy groups -OCH3 is 1. The Balaban J connectivity index is 1.22. The topological polar surface area (TPSA) is 88.6 Å². The molecule has 0 aliphatic carbocycles. The van der Waals surface area contributed by atoms with Crippen molar-refractivity contribution in [1.82, 2.24) is 20.2 Å². The number of hydrogen-bond donors (Lipinski definition) is 2. The maximum absolute atomic E-state index is 13.3. The number of rotatable bonds is 6. The number of benzene rings is 2. The van der Waals surface area contributed by atoms with Crippen LogP contribution in [0, 0.1) is 6.92 Å². The van der Waals surface area contributed by atoms with Crippen LogP contribution in [0.3, 0.4) is 0 Å². The Hall–Kier alpha value is -3.07. The smallest absolute Gasteiger partial charge is 0.272 e. The zero-order chi connectivity index (χ0) is 24.2. The van der Waals surface area contributed by atoms with Crippen LogP contribution in [0.25, 0.3) is 10.8 Å². The van der Waals surface area contributed by atoms with Crippen molar-refractivity contribution in [3.8, 4) is 0 Å². The van der Waals surface area contributed by atoms with Crippen LogP contribution < -0.4 is 10.6 Å². The average Bonchev–Trinajstić information content (AvgIpc) is 2.90. The van der Waals surface area contributed by atoms with E-state index in [0.29, 0.717) is 43.3 Å². The van der Waals surface area contributed by atoms with Gasteiger partial charge in [-0.3, -0.25) is 4.79 Å². The maximum Gasteiger partial charge on any atom is 0.272 e.